The van der Waals surface area contributed by atoms with Gasteiger partial charge in [0, 0.05) is 39.0 Å². The van der Waals surface area contributed by atoms with E-state index in [1.165, 1.54) is 12.1 Å². The van der Waals surface area contributed by atoms with Gasteiger partial charge >= 0.3 is 0 Å². The molecule has 1 fully saturated rings. The Morgan fingerprint density at radius 3 is 2.32 bits per heavy atom. The van der Waals surface area contributed by atoms with Crippen molar-refractivity contribution in [1.29, 1.82) is 0 Å². The zero-order chi connectivity index (χ0) is 19.8. The van der Waals surface area contributed by atoms with Gasteiger partial charge < -0.3 is 25.0 Å². The van der Waals surface area contributed by atoms with Crippen LogP contribution in [0.2, 0.25) is 0 Å². The molecule has 3 rings (SSSR count). The number of ether oxygens (including phenoxy) is 2. The molecular formula is C21H27FN4O2. The van der Waals surface area contributed by atoms with Crippen LogP contribution in [0.25, 0.3) is 0 Å². The van der Waals surface area contributed by atoms with Gasteiger partial charge in [0.25, 0.3) is 0 Å². The lowest BCUT2D eigenvalue weighted by Crippen LogP contribution is -2.51. The highest BCUT2D eigenvalue weighted by Gasteiger charge is 2.18. The zero-order valence-corrected chi connectivity index (χ0v) is 16.2. The molecule has 0 spiro atoms. The first-order valence-electron chi connectivity index (χ1n) is 9.42. The van der Waals surface area contributed by atoms with Crippen molar-refractivity contribution in [1.82, 2.24) is 4.90 Å². The van der Waals surface area contributed by atoms with Crippen LogP contribution in [0.1, 0.15) is 5.56 Å². The summed E-state index contributed by atoms with van der Waals surface area (Å²) in [4.78, 5) is 8.84. The summed E-state index contributed by atoms with van der Waals surface area (Å²) in [7, 11) is 1.65. The van der Waals surface area contributed by atoms with Crippen LogP contribution in [0.5, 0.6) is 5.75 Å². The average molecular weight is 386 g/mol. The molecule has 0 unspecified atom stereocenters. The molecule has 2 N–H and O–H groups in total. The Morgan fingerprint density at radius 1 is 1.00 bits per heavy atom. The van der Waals surface area contributed by atoms with Gasteiger partial charge in [0.05, 0.1) is 13.2 Å². The van der Waals surface area contributed by atoms with E-state index in [1.54, 1.807) is 7.11 Å². The third-order valence-corrected chi connectivity index (χ3v) is 4.70. The van der Waals surface area contributed by atoms with Gasteiger partial charge in [-0.25, -0.2) is 9.38 Å². The van der Waals surface area contributed by atoms with Gasteiger partial charge in [-0.3, -0.25) is 0 Å². The van der Waals surface area contributed by atoms with Gasteiger partial charge in [-0.1, -0.05) is 12.1 Å². The number of nitrogens with zero attached hydrogens (tertiary/aromatic N) is 3. The summed E-state index contributed by atoms with van der Waals surface area (Å²) in [6, 6.07) is 14.4. The zero-order valence-electron chi connectivity index (χ0n) is 16.2. The molecule has 0 aliphatic carbocycles. The van der Waals surface area contributed by atoms with Crippen molar-refractivity contribution in [3.05, 3.63) is 59.9 Å². The SMILES string of the molecule is COCCOc1ccc(CN=C(N)N2CCN(c3ccc(F)cc3)CC2)cc1. The normalized spacial score (nSPS) is 15.0. The van der Waals surface area contributed by atoms with Crippen molar-refractivity contribution in [3.63, 3.8) is 0 Å². The van der Waals surface area contributed by atoms with Crippen molar-refractivity contribution < 1.29 is 13.9 Å². The van der Waals surface area contributed by atoms with E-state index in [-0.39, 0.29) is 5.82 Å². The number of halogens is 1. The Kier molecular flexibility index (Phi) is 7.08. The summed E-state index contributed by atoms with van der Waals surface area (Å²) in [6.07, 6.45) is 0. The maximum Gasteiger partial charge on any atom is 0.191 e. The molecule has 7 heteroatoms. The van der Waals surface area contributed by atoms with Crippen LogP contribution in [-0.2, 0) is 11.3 Å². The number of benzene rings is 2. The summed E-state index contributed by atoms with van der Waals surface area (Å²) in [6.45, 7) is 4.87. The molecule has 0 radical (unpaired) electrons. The molecule has 1 heterocycles. The topological polar surface area (TPSA) is 63.3 Å². The van der Waals surface area contributed by atoms with Crippen molar-refractivity contribution >= 4 is 11.6 Å². The Labute approximate surface area is 165 Å². The van der Waals surface area contributed by atoms with Gasteiger partial charge in [0.15, 0.2) is 5.96 Å². The summed E-state index contributed by atoms with van der Waals surface area (Å²) in [5.74, 6) is 1.15. The monoisotopic (exact) mass is 386 g/mol. The molecule has 0 saturated carbocycles. The van der Waals surface area contributed by atoms with Gasteiger partial charge in [-0.2, -0.15) is 0 Å². The van der Waals surface area contributed by atoms with E-state index in [4.69, 9.17) is 15.2 Å². The highest BCUT2D eigenvalue weighted by molar-refractivity contribution is 5.78. The second-order valence-electron chi connectivity index (χ2n) is 6.61. The number of hydrogen-bond donors (Lipinski definition) is 1. The van der Waals surface area contributed by atoms with Gasteiger partial charge in [-0.05, 0) is 42.0 Å². The van der Waals surface area contributed by atoms with Crippen LogP contribution in [0, 0.1) is 5.82 Å². The highest BCUT2D eigenvalue weighted by atomic mass is 19.1. The summed E-state index contributed by atoms with van der Waals surface area (Å²) in [5.41, 5.74) is 8.29. The van der Waals surface area contributed by atoms with E-state index in [9.17, 15) is 4.39 Å². The first-order valence-corrected chi connectivity index (χ1v) is 9.42. The first-order chi connectivity index (χ1) is 13.7. The third kappa shape index (κ3) is 5.60. The molecule has 0 amide bonds. The minimum absolute atomic E-state index is 0.215. The number of rotatable bonds is 7. The molecule has 150 valence electrons. The van der Waals surface area contributed by atoms with Crippen LogP contribution in [0.3, 0.4) is 0 Å². The standard InChI is InChI=1S/C21H27FN4O2/c1-27-14-15-28-20-8-2-17(3-9-20)16-24-21(23)26-12-10-25(11-13-26)19-6-4-18(22)5-7-19/h2-9H,10-16H2,1H3,(H2,23,24). The van der Waals surface area contributed by atoms with Gasteiger partial charge in [0.1, 0.15) is 18.2 Å². The predicted octanol–water partition coefficient (Wildman–Crippen LogP) is 2.49. The van der Waals surface area contributed by atoms with Crippen molar-refractivity contribution in [3.8, 4) is 5.75 Å². The molecule has 0 aromatic heterocycles. The van der Waals surface area contributed by atoms with Crippen molar-refractivity contribution in [2.75, 3.05) is 51.4 Å². The van der Waals surface area contributed by atoms with E-state index >= 15 is 0 Å². The minimum atomic E-state index is -0.215. The number of methoxy groups -OCH3 is 1. The molecule has 28 heavy (non-hydrogen) atoms. The molecular weight excluding hydrogens is 359 g/mol. The largest absolute Gasteiger partial charge is 0.491 e. The van der Waals surface area contributed by atoms with Crippen LogP contribution in [0.4, 0.5) is 10.1 Å². The average Bonchev–Trinajstić information content (AvgIpc) is 2.74. The summed E-state index contributed by atoms with van der Waals surface area (Å²) in [5, 5.41) is 0. The molecule has 6 nitrogen and oxygen atoms in total. The molecule has 2 aromatic rings. The molecule has 0 atom stereocenters. The maximum absolute atomic E-state index is 13.1. The van der Waals surface area contributed by atoms with Crippen LogP contribution in [-0.4, -0.2) is 57.4 Å². The molecule has 1 aliphatic heterocycles. The Hall–Kier alpha value is -2.80. The number of aliphatic imine (C=N–C) groups is 1. The van der Waals surface area contributed by atoms with Crippen LogP contribution < -0.4 is 15.4 Å². The fraction of sp³-hybridized carbons (Fsp3) is 0.381. The minimum Gasteiger partial charge on any atom is -0.491 e. The smallest absolute Gasteiger partial charge is 0.191 e. The predicted molar refractivity (Wildman–Crippen MR) is 109 cm³/mol. The lowest BCUT2D eigenvalue weighted by molar-refractivity contribution is 0.146. The lowest BCUT2D eigenvalue weighted by atomic mass is 10.2. The molecule has 0 bridgehead atoms. The van der Waals surface area contributed by atoms with E-state index in [2.05, 4.69) is 14.8 Å². The fourth-order valence-corrected chi connectivity index (χ4v) is 3.05. The number of hydrogen-bond acceptors (Lipinski definition) is 4. The molecule has 1 aliphatic rings. The van der Waals surface area contributed by atoms with Crippen molar-refractivity contribution in [2.24, 2.45) is 10.7 Å². The van der Waals surface area contributed by atoms with Crippen LogP contribution in [0.15, 0.2) is 53.5 Å². The van der Waals surface area contributed by atoms with E-state index in [0.29, 0.717) is 25.7 Å². The third-order valence-electron chi connectivity index (χ3n) is 4.70. The highest BCUT2D eigenvalue weighted by Crippen LogP contribution is 2.17. The molecule has 2 aromatic carbocycles. The van der Waals surface area contributed by atoms with E-state index < -0.39 is 0 Å². The van der Waals surface area contributed by atoms with Crippen LogP contribution >= 0.6 is 0 Å². The number of piperazine rings is 1. The Balaban J connectivity index is 1.47. The maximum atomic E-state index is 13.1. The fourth-order valence-electron chi connectivity index (χ4n) is 3.05. The van der Waals surface area contributed by atoms with Crippen molar-refractivity contribution in [2.45, 2.75) is 6.54 Å². The second-order valence-corrected chi connectivity index (χ2v) is 6.61. The quantitative estimate of drug-likeness (QED) is 0.450. The lowest BCUT2D eigenvalue weighted by Gasteiger charge is -2.36. The number of anilines is 1. The summed E-state index contributed by atoms with van der Waals surface area (Å²) >= 11 is 0. The Bertz CT molecular complexity index is 757. The van der Waals surface area contributed by atoms with Gasteiger partial charge in [0.2, 0.25) is 0 Å². The number of nitrogens with two attached hydrogens (primary N) is 1. The second kappa shape index (κ2) is 9.94. The van der Waals surface area contributed by atoms with E-state index in [1.807, 2.05) is 36.4 Å². The van der Waals surface area contributed by atoms with Gasteiger partial charge in [-0.15, -0.1) is 0 Å². The molecule has 1 saturated heterocycles. The van der Waals surface area contributed by atoms with E-state index in [0.717, 1.165) is 43.2 Å². The number of guanidine groups is 1. The first kappa shape index (κ1) is 19.9. The Morgan fingerprint density at radius 2 is 1.68 bits per heavy atom. The summed E-state index contributed by atoms with van der Waals surface area (Å²) < 4.78 is 23.6.